The fraction of sp³-hybridized carbons (Fsp3) is 0.0270. The van der Waals surface area contributed by atoms with Crippen molar-refractivity contribution in [2.45, 2.75) is 12.8 Å². The van der Waals surface area contributed by atoms with Gasteiger partial charge in [0.15, 0.2) is 0 Å². The summed E-state index contributed by atoms with van der Waals surface area (Å²) in [4.78, 5) is 0. The molecule has 0 fully saturated rings. The van der Waals surface area contributed by atoms with E-state index in [-0.39, 0.29) is 0 Å². The van der Waals surface area contributed by atoms with E-state index in [4.69, 9.17) is 0 Å². The summed E-state index contributed by atoms with van der Waals surface area (Å²) in [6, 6.07) is 99.4. The van der Waals surface area contributed by atoms with Crippen LogP contribution in [0.15, 0.2) is 267 Å². The van der Waals surface area contributed by atoms with Crippen LogP contribution in [-0.4, -0.2) is 18.3 Å². The maximum absolute atomic E-state index is 2.55. The van der Waals surface area contributed by atoms with Gasteiger partial charge in [0.1, 0.15) is 0 Å². The molecule has 17 rings (SSSR count). The van der Waals surface area contributed by atoms with Crippen molar-refractivity contribution in [1.29, 1.82) is 0 Å². The molecule has 0 aliphatic heterocycles. The van der Waals surface area contributed by atoms with Crippen LogP contribution in [0.1, 0.15) is 11.1 Å². The fourth-order valence-corrected chi connectivity index (χ4v) is 13.9. The molecule has 0 saturated heterocycles. The second-order valence-corrected chi connectivity index (χ2v) is 21.0. The van der Waals surface area contributed by atoms with Crippen molar-refractivity contribution in [3.8, 4) is 56.1 Å². The lowest BCUT2D eigenvalue weighted by atomic mass is 9.81. The SMILES string of the molecule is c1ccc(-n2c3ccccc3c3ccc4c5c6c(ccc5n(-c5ccccc5)c4c32)CCc2ccc3c(c2-c2ccccc2-c2ccccc2-6)c2ccc4c5ccccc5n(-c5ccccc5)c4c2n3-c2ccccc2)cc1. The molecule has 1 aliphatic rings. The molecule has 4 heteroatoms. The first-order valence-electron chi connectivity index (χ1n) is 27.2. The smallest absolute Gasteiger partial charge is 0.0789 e. The van der Waals surface area contributed by atoms with E-state index in [1.54, 1.807) is 0 Å². The number of hydrogen-bond acceptors (Lipinski definition) is 0. The minimum absolute atomic E-state index is 0.856. The lowest BCUT2D eigenvalue weighted by molar-refractivity contribution is 0.967. The minimum Gasteiger partial charge on any atom is -0.307 e. The molecule has 0 unspecified atom stereocenters. The van der Waals surface area contributed by atoms with Crippen molar-refractivity contribution < 1.29 is 0 Å². The topological polar surface area (TPSA) is 19.7 Å². The summed E-state index contributed by atoms with van der Waals surface area (Å²) in [5, 5.41) is 10.0. The van der Waals surface area contributed by atoms with Crippen molar-refractivity contribution in [3.05, 3.63) is 278 Å². The van der Waals surface area contributed by atoms with Gasteiger partial charge in [-0.3, -0.25) is 0 Å². The van der Waals surface area contributed by atoms with E-state index in [2.05, 4.69) is 285 Å². The first kappa shape index (κ1) is 43.1. The third-order valence-electron chi connectivity index (χ3n) is 17.0. The highest BCUT2D eigenvalue weighted by molar-refractivity contribution is 6.29. The molecular formula is C74H48N4. The monoisotopic (exact) mass is 992 g/mol. The van der Waals surface area contributed by atoms with E-state index >= 15 is 0 Å². The standard InChI is InChI=1S/C74H48N4/c1-5-21-49(22-6-1)75-63-35-19-17-31-55(63)59-41-43-61-69-65(77(73(61)71(59)75)51-25-9-3-10-26-51)45-39-47-37-38-48-40-46-66-70(68(48)58-34-16-14-30-54(58)53-29-13-15-33-57(53)67(47)69)62-44-42-60-56-32-18-20-36-64(56)76(50-23-7-2-8-24-50)72(60)74(62)78(66)52-27-11-4-12-28-52/h1-36,39-46H,37-38H2. The molecule has 0 amide bonds. The summed E-state index contributed by atoms with van der Waals surface area (Å²) >= 11 is 0. The van der Waals surface area contributed by atoms with E-state index in [1.165, 1.54) is 132 Å². The predicted molar refractivity (Wildman–Crippen MR) is 328 cm³/mol. The largest absolute Gasteiger partial charge is 0.307 e. The number of benzene rings is 12. The molecule has 0 bridgehead atoms. The third-order valence-corrected chi connectivity index (χ3v) is 17.0. The van der Waals surface area contributed by atoms with Crippen LogP contribution in [0.3, 0.4) is 0 Å². The van der Waals surface area contributed by atoms with Crippen molar-refractivity contribution in [2.75, 3.05) is 0 Å². The van der Waals surface area contributed by atoms with E-state index in [9.17, 15) is 0 Å². The van der Waals surface area contributed by atoms with Crippen LogP contribution in [0, 0.1) is 0 Å². The molecule has 4 aromatic heterocycles. The average molecular weight is 993 g/mol. The van der Waals surface area contributed by atoms with Crippen LogP contribution in [0.2, 0.25) is 0 Å². The Kier molecular flexibility index (Phi) is 9.21. The molecule has 12 aromatic carbocycles. The van der Waals surface area contributed by atoms with Crippen LogP contribution in [0.5, 0.6) is 0 Å². The maximum atomic E-state index is 2.55. The molecule has 4 nitrogen and oxygen atoms in total. The Morgan fingerprint density at radius 2 is 0.500 bits per heavy atom. The van der Waals surface area contributed by atoms with Gasteiger partial charge in [0, 0.05) is 65.8 Å². The molecule has 78 heavy (non-hydrogen) atoms. The number of aromatic nitrogens is 4. The Morgan fingerprint density at radius 3 is 0.885 bits per heavy atom. The fourth-order valence-electron chi connectivity index (χ4n) is 13.9. The van der Waals surface area contributed by atoms with Crippen LogP contribution >= 0.6 is 0 Å². The van der Waals surface area contributed by atoms with Gasteiger partial charge in [0.25, 0.3) is 0 Å². The number of para-hydroxylation sites is 6. The molecule has 364 valence electrons. The Balaban J connectivity index is 0.991. The summed E-state index contributed by atoms with van der Waals surface area (Å²) in [5.41, 5.74) is 24.5. The van der Waals surface area contributed by atoms with Crippen LogP contribution in [0.25, 0.3) is 143 Å². The van der Waals surface area contributed by atoms with E-state index in [0.29, 0.717) is 0 Å². The summed E-state index contributed by atoms with van der Waals surface area (Å²) in [6.07, 6.45) is 1.71. The normalized spacial score (nSPS) is 12.5. The highest BCUT2D eigenvalue weighted by atomic mass is 15.1. The average Bonchev–Trinajstić information content (AvgIpc) is 4.45. The van der Waals surface area contributed by atoms with Crippen molar-refractivity contribution in [3.63, 3.8) is 0 Å². The summed E-state index contributed by atoms with van der Waals surface area (Å²) in [6.45, 7) is 0. The maximum Gasteiger partial charge on any atom is 0.0789 e. The molecule has 1 aliphatic carbocycles. The van der Waals surface area contributed by atoms with Gasteiger partial charge >= 0.3 is 0 Å². The van der Waals surface area contributed by atoms with E-state index < -0.39 is 0 Å². The Labute approximate surface area is 450 Å². The van der Waals surface area contributed by atoms with Crippen molar-refractivity contribution >= 4 is 87.2 Å². The summed E-state index contributed by atoms with van der Waals surface area (Å²) in [5.74, 6) is 0. The first-order chi connectivity index (χ1) is 38.8. The van der Waals surface area contributed by atoms with Crippen molar-refractivity contribution in [1.82, 2.24) is 18.3 Å². The van der Waals surface area contributed by atoms with E-state index in [0.717, 1.165) is 35.6 Å². The molecule has 0 N–H and O–H groups in total. The lowest BCUT2D eigenvalue weighted by Gasteiger charge is -2.23. The van der Waals surface area contributed by atoms with Gasteiger partial charge in [-0.1, -0.05) is 194 Å². The quantitative estimate of drug-likeness (QED) is 0.167. The van der Waals surface area contributed by atoms with Gasteiger partial charge in [-0.05, 0) is 130 Å². The van der Waals surface area contributed by atoms with Gasteiger partial charge in [-0.2, -0.15) is 0 Å². The van der Waals surface area contributed by atoms with Crippen LogP contribution < -0.4 is 0 Å². The molecule has 16 aromatic rings. The minimum atomic E-state index is 0.856. The van der Waals surface area contributed by atoms with Gasteiger partial charge in [-0.25, -0.2) is 0 Å². The molecule has 0 radical (unpaired) electrons. The Morgan fingerprint density at radius 1 is 0.205 bits per heavy atom. The third kappa shape index (κ3) is 6.00. The molecule has 0 saturated carbocycles. The summed E-state index contributed by atoms with van der Waals surface area (Å²) < 4.78 is 10.1. The number of nitrogens with zero attached hydrogens (tertiary/aromatic N) is 4. The second kappa shape index (κ2) is 16.7. The van der Waals surface area contributed by atoms with Crippen LogP contribution in [0.4, 0.5) is 0 Å². The highest BCUT2D eigenvalue weighted by Gasteiger charge is 2.29. The molecule has 0 atom stereocenters. The number of rotatable bonds is 4. The summed E-state index contributed by atoms with van der Waals surface area (Å²) in [7, 11) is 0. The van der Waals surface area contributed by atoms with Gasteiger partial charge in [0.05, 0.1) is 44.1 Å². The molecular weight excluding hydrogens is 945 g/mol. The molecule has 0 spiro atoms. The Hall–Kier alpha value is -10.2. The second-order valence-electron chi connectivity index (χ2n) is 21.0. The van der Waals surface area contributed by atoms with Gasteiger partial charge in [-0.15, -0.1) is 0 Å². The van der Waals surface area contributed by atoms with Crippen LogP contribution in [-0.2, 0) is 12.8 Å². The Bertz CT molecular complexity index is 4790. The number of fused-ring (bicyclic) bond motifs is 23. The number of aryl methyl sites for hydroxylation is 2. The van der Waals surface area contributed by atoms with Gasteiger partial charge in [0.2, 0.25) is 0 Å². The van der Waals surface area contributed by atoms with E-state index in [1.807, 2.05) is 0 Å². The molecule has 4 heterocycles. The zero-order chi connectivity index (χ0) is 51.0. The number of hydrogen-bond donors (Lipinski definition) is 0. The van der Waals surface area contributed by atoms with Crippen molar-refractivity contribution in [2.24, 2.45) is 0 Å². The first-order valence-corrected chi connectivity index (χ1v) is 27.2. The zero-order valence-corrected chi connectivity index (χ0v) is 42.6. The van der Waals surface area contributed by atoms with Gasteiger partial charge < -0.3 is 18.3 Å². The predicted octanol–water partition coefficient (Wildman–Crippen LogP) is 19.2. The highest BCUT2D eigenvalue weighted by Crippen LogP contribution is 2.52. The zero-order valence-electron chi connectivity index (χ0n) is 42.6. The lowest BCUT2D eigenvalue weighted by Crippen LogP contribution is -2.02.